The van der Waals surface area contributed by atoms with Gasteiger partial charge in [-0.3, -0.25) is 9.89 Å². The Balaban J connectivity index is 1.77. The minimum absolute atomic E-state index is 0.126. The number of carbonyl (C=O) groups is 1. The molecule has 1 fully saturated rings. The lowest BCUT2D eigenvalue weighted by atomic mass is 9.98. The van der Waals surface area contributed by atoms with E-state index in [1.165, 1.54) is 18.3 Å². The molecular weight excluding hydrogens is 290 g/mol. The molecule has 5 nitrogen and oxygen atoms in total. The van der Waals surface area contributed by atoms with E-state index in [1.54, 1.807) is 4.90 Å². The van der Waals surface area contributed by atoms with Gasteiger partial charge in [-0.2, -0.15) is 10.4 Å². The van der Waals surface area contributed by atoms with E-state index >= 15 is 0 Å². The Morgan fingerprint density at radius 2 is 2.27 bits per heavy atom. The Morgan fingerprint density at radius 3 is 3.00 bits per heavy atom. The highest BCUT2D eigenvalue weighted by molar-refractivity contribution is 5.79. The summed E-state index contributed by atoms with van der Waals surface area (Å²) in [6.45, 7) is 0.578. The first-order chi connectivity index (χ1) is 10.6. The average Bonchev–Trinajstić information content (AvgIpc) is 3.06. The number of aromatic nitrogens is 2. The summed E-state index contributed by atoms with van der Waals surface area (Å²) in [4.78, 5) is 13.6. The van der Waals surface area contributed by atoms with Crippen LogP contribution < -0.4 is 0 Å². The standard InChI is InChI=1S/C15H12F2N4O/c16-11-1-2-12(13(17)4-11)9-3-15(22)21(7-9)8-10-6-19-20-14(10)5-18/h1-2,4,6,9H,3,7-8H2,(H,19,20). The first-order valence-corrected chi connectivity index (χ1v) is 6.73. The van der Waals surface area contributed by atoms with Gasteiger partial charge in [0, 0.05) is 30.5 Å². The number of rotatable bonds is 3. The molecule has 1 aliphatic rings. The lowest BCUT2D eigenvalue weighted by molar-refractivity contribution is -0.128. The molecule has 0 bridgehead atoms. The van der Waals surface area contributed by atoms with Crippen molar-refractivity contribution in [3.63, 3.8) is 0 Å². The van der Waals surface area contributed by atoms with Crippen LogP contribution in [0.4, 0.5) is 8.78 Å². The van der Waals surface area contributed by atoms with Crippen LogP contribution in [-0.2, 0) is 11.3 Å². The Labute approximate surface area is 125 Å². The fourth-order valence-corrected chi connectivity index (χ4v) is 2.70. The molecule has 3 rings (SSSR count). The SMILES string of the molecule is N#Cc1[nH]ncc1CN1CC(c2ccc(F)cc2F)CC1=O. The van der Waals surface area contributed by atoms with Crippen LogP contribution in [0.1, 0.15) is 29.2 Å². The number of hydrogen-bond donors (Lipinski definition) is 1. The lowest BCUT2D eigenvalue weighted by Crippen LogP contribution is -2.24. The maximum Gasteiger partial charge on any atom is 0.223 e. The molecule has 1 aliphatic heterocycles. The van der Waals surface area contributed by atoms with Gasteiger partial charge in [0.2, 0.25) is 5.91 Å². The van der Waals surface area contributed by atoms with Crippen LogP contribution in [0.25, 0.3) is 0 Å². The number of nitrogens with zero attached hydrogens (tertiary/aromatic N) is 3. The zero-order valence-electron chi connectivity index (χ0n) is 11.5. The molecule has 2 aromatic rings. The average molecular weight is 302 g/mol. The predicted molar refractivity (Wildman–Crippen MR) is 72.4 cm³/mol. The monoisotopic (exact) mass is 302 g/mol. The minimum atomic E-state index is -0.639. The van der Waals surface area contributed by atoms with Gasteiger partial charge in [-0.15, -0.1) is 0 Å². The summed E-state index contributed by atoms with van der Waals surface area (Å²) in [5.74, 6) is -1.72. The second kappa shape index (κ2) is 5.56. The van der Waals surface area contributed by atoms with E-state index in [2.05, 4.69) is 10.2 Å². The van der Waals surface area contributed by atoms with Gasteiger partial charge in [-0.25, -0.2) is 8.78 Å². The number of hydrogen-bond acceptors (Lipinski definition) is 3. The summed E-state index contributed by atoms with van der Waals surface area (Å²) in [5.41, 5.74) is 1.27. The number of aromatic amines is 1. The highest BCUT2D eigenvalue weighted by atomic mass is 19.1. The molecular formula is C15H12F2N4O. The zero-order chi connectivity index (χ0) is 15.7. The molecule has 1 atom stereocenters. The van der Waals surface area contributed by atoms with Crippen molar-refractivity contribution in [1.82, 2.24) is 15.1 Å². The second-order valence-corrected chi connectivity index (χ2v) is 5.22. The Kier molecular flexibility index (Phi) is 3.59. The minimum Gasteiger partial charge on any atom is -0.338 e. The van der Waals surface area contributed by atoms with Crippen molar-refractivity contribution >= 4 is 5.91 Å². The van der Waals surface area contributed by atoms with Crippen molar-refractivity contribution in [2.24, 2.45) is 0 Å². The van der Waals surface area contributed by atoms with Gasteiger partial charge in [0.25, 0.3) is 0 Å². The number of nitrogens with one attached hydrogen (secondary N) is 1. The van der Waals surface area contributed by atoms with E-state index in [1.807, 2.05) is 6.07 Å². The first kappa shape index (κ1) is 14.2. The number of halogens is 2. The first-order valence-electron chi connectivity index (χ1n) is 6.73. The van der Waals surface area contributed by atoms with Crippen molar-refractivity contribution in [3.05, 3.63) is 52.9 Å². The maximum atomic E-state index is 13.8. The van der Waals surface area contributed by atoms with E-state index in [4.69, 9.17) is 5.26 Å². The molecule has 0 aliphatic carbocycles. The van der Waals surface area contributed by atoms with Gasteiger partial charge in [0.05, 0.1) is 12.7 Å². The van der Waals surface area contributed by atoms with Crippen molar-refractivity contribution in [3.8, 4) is 6.07 Å². The van der Waals surface area contributed by atoms with Crippen molar-refractivity contribution in [1.29, 1.82) is 5.26 Å². The van der Waals surface area contributed by atoms with Crippen LogP contribution in [-0.4, -0.2) is 27.5 Å². The van der Waals surface area contributed by atoms with Crippen LogP contribution in [0, 0.1) is 23.0 Å². The highest BCUT2D eigenvalue weighted by Gasteiger charge is 2.32. The molecule has 1 amide bonds. The van der Waals surface area contributed by atoms with E-state index in [0.29, 0.717) is 23.4 Å². The molecule has 0 spiro atoms. The quantitative estimate of drug-likeness (QED) is 0.943. The maximum absolute atomic E-state index is 13.8. The molecule has 1 aromatic carbocycles. The van der Waals surface area contributed by atoms with E-state index in [9.17, 15) is 13.6 Å². The largest absolute Gasteiger partial charge is 0.338 e. The molecule has 1 aromatic heterocycles. The molecule has 22 heavy (non-hydrogen) atoms. The Morgan fingerprint density at radius 1 is 1.45 bits per heavy atom. The van der Waals surface area contributed by atoms with Crippen LogP contribution in [0.15, 0.2) is 24.4 Å². The number of carbonyl (C=O) groups excluding carboxylic acids is 1. The molecule has 1 saturated heterocycles. The number of nitriles is 1. The normalized spacial score (nSPS) is 17.8. The molecule has 7 heteroatoms. The van der Waals surface area contributed by atoms with Gasteiger partial charge in [0.15, 0.2) is 0 Å². The summed E-state index contributed by atoms with van der Waals surface area (Å²) in [5, 5.41) is 15.3. The van der Waals surface area contributed by atoms with E-state index in [-0.39, 0.29) is 24.8 Å². The third-order valence-electron chi connectivity index (χ3n) is 3.81. The van der Waals surface area contributed by atoms with Gasteiger partial charge >= 0.3 is 0 Å². The van der Waals surface area contributed by atoms with Crippen molar-refractivity contribution in [2.45, 2.75) is 18.9 Å². The predicted octanol–water partition coefficient (Wildman–Crippen LogP) is 2.08. The van der Waals surface area contributed by atoms with Gasteiger partial charge < -0.3 is 4.90 Å². The van der Waals surface area contributed by atoms with Crippen LogP contribution >= 0.6 is 0 Å². The summed E-state index contributed by atoms with van der Waals surface area (Å²) < 4.78 is 26.8. The summed E-state index contributed by atoms with van der Waals surface area (Å²) in [6.07, 6.45) is 1.67. The molecule has 1 unspecified atom stereocenters. The second-order valence-electron chi connectivity index (χ2n) is 5.22. The van der Waals surface area contributed by atoms with Crippen molar-refractivity contribution in [2.75, 3.05) is 6.54 Å². The Hall–Kier alpha value is -2.75. The summed E-state index contributed by atoms with van der Waals surface area (Å²) >= 11 is 0. The van der Waals surface area contributed by atoms with Gasteiger partial charge in [-0.1, -0.05) is 6.07 Å². The smallest absolute Gasteiger partial charge is 0.223 e. The number of H-pyrrole nitrogens is 1. The van der Waals surface area contributed by atoms with Gasteiger partial charge in [0.1, 0.15) is 23.4 Å². The lowest BCUT2D eigenvalue weighted by Gasteiger charge is -2.16. The zero-order valence-corrected chi connectivity index (χ0v) is 11.5. The number of likely N-dealkylation sites (tertiary alicyclic amines) is 1. The number of benzene rings is 1. The molecule has 0 saturated carbocycles. The van der Waals surface area contributed by atoms with Gasteiger partial charge in [-0.05, 0) is 11.6 Å². The fraction of sp³-hybridized carbons (Fsp3) is 0.267. The van der Waals surface area contributed by atoms with Crippen LogP contribution in [0.2, 0.25) is 0 Å². The summed E-state index contributed by atoms with van der Waals surface area (Å²) in [7, 11) is 0. The molecule has 1 N–H and O–H groups in total. The molecule has 0 radical (unpaired) electrons. The molecule has 2 heterocycles. The molecule has 112 valence electrons. The van der Waals surface area contributed by atoms with E-state index in [0.717, 1.165) is 6.07 Å². The third-order valence-corrected chi connectivity index (χ3v) is 3.81. The van der Waals surface area contributed by atoms with Crippen LogP contribution in [0.5, 0.6) is 0 Å². The topological polar surface area (TPSA) is 72.8 Å². The fourth-order valence-electron chi connectivity index (χ4n) is 2.70. The number of amides is 1. The highest BCUT2D eigenvalue weighted by Crippen LogP contribution is 2.31. The summed E-state index contributed by atoms with van der Waals surface area (Å²) in [6, 6.07) is 5.36. The van der Waals surface area contributed by atoms with E-state index < -0.39 is 11.6 Å². The van der Waals surface area contributed by atoms with Crippen molar-refractivity contribution < 1.29 is 13.6 Å². The third kappa shape index (κ3) is 2.55. The Bertz CT molecular complexity index is 765. The van der Waals surface area contributed by atoms with Crippen LogP contribution in [0.3, 0.4) is 0 Å².